The Labute approximate surface area is 121 Å². The van der Waals surface area contributed by atoms with Crippen LogP contribution in [-0.2, 0) is 26.2 Å². The molecule has 1 atom stereocenters. The summed E-state index contributed by atoms with van der Waals surface area (Å²) in [6.07, 6.45) is 0.404. The molecule has 1 rings (SSSR count). The van der Waals surface area contributed by atoms with Gasteiger partial charge in [0, 0.05) is 0 Å². The second-order valence-corrected chi connectivity index (χ2v) is 6.03. The fourth-order valence-corrected chi connectivity index (χ4v) is 2.29. The predicted octanol–water partition coefficient (Wildman–Crippen LogP) is 3.29. The van der Waals surface area contributed by atoms with E-state index in [1.54, 1.807) is 6.92 Å². The number of carbonyl (C=O) groups is 2. The number of hydrogen-bond donors (Lipinski definition) is 0. The van der Waals surface area contributed by atoms with Gasteiger partial charge < -0.3 is 4.74 Å². The van der Waals surface area contributed by atoms with Crippen molar-refractivity contribution in [3.8, 4) is 0 Å². The minimum absolute atomic E-state index is 0.0212. The number of Topliss-reactive ketones (excluding diaryl/α,β-unsaturated/α-hetero) is 1. The highest BCUT2D eigenvalue weighted by atomic mass is 16.5. The van der Waals surface area contributed by atoms with E-state index in [0.29, 0.717) is 13.0 Å². The summed E-state index contributed by atoms with van der Waals surface area (Å²) in [5.74, 6) is -1.28. The van der Waals surface area contributed by atoms with Crippen molar-refractivity contribution < 1.29 is 14.3 Å². The van der Waals surface area contributed by atoms with E-state index in [9.17, 15) is 9.59 Å². The molecule has 0 bridgehead atoms. The average molecular weight is 276 g/mol. The molecule has 0 saturated heterocycles. The molecule has 3 heteroatoms. The van der Waals surface area contributed by atoms with E-state index in [1.165, 1.54) is 6.92 Å². The lowest BCUT2D eigenvalue weighted by Gasteiger charge is -2.24. The second kappa shape index (κ2) is 6.69. The van der Waals surface area contributed by atoms with Crippen molar-refractivity contribution >= 4 is 11.8 Å². The number of benzene rings is 1. The number of hydrogen-bond acceptors (Lipinski definition) is 3. The first-order chi connectivity index (χ1) is 9.27. The van der Waals surface area contributed by atoms with Crippen molar-refractivity contribution in [2.24, 2.45) is 5.92 Å². The van der Waals surface area contributed by atoms with E-state index in [-0.39, 0.29) is 11.2 Å². The predicted molar refractivity (Wildman–Crippen MR) is 79.7 cm³/mol. The van der Waals surface area contributed by atoms with Crippen molar-refractivity contribution in [1.29, 1.82) is 0 Å². The van der Waals surface area contributed by atoms with Gasteiger partial charge in [-0.15, -0.1) is 0 Å². The monoisotopic (exact) mass is 276 g/mol. The van der Waals surface area contributed by atoms with E-state index < -0.39 is 11.9 Å². The number of esters is 1. The van der Waals surface area contributed by atoms with Gasteiger partial charge in [-0.3, -0.25) is 9.59 Å². The Bertz CT molecular complexity index is 483. The van der Waals surface area contributed by atoms with E-state index in [1.807, 2.05) is 18.2 Å². The molecule has 0 fully saturated rings. The Morgan fingerprint density at radius 3 is 2.30 bits per heavy atom. The van der Waals surface area contributed by atoms with E-state index in [0.717, 1.165) is 11.1 Å². The van der Waals surface area contributed by atoms with Crippen LogP contribution in [0.25, 0.3) is 0 Å². The summed E-state index contributed by atoms with van der Waals surface area (Å²) >= 11 is 0. The third kappa shape index (κ3) is 4.19. The molecule has 0 aromatic heterocycles. The van der Waals surface area contributed by atoms with Gasteiger partial charge in [0.1, 0.15) is 11.7 Å². The van der Waals surface area contributed by atoms with Gasteiger partial charge in [0.15, 0.2) is 0 Å². The van der Waals surface area contributed by atoms with Crippen LogP contribution in [0.3, 0.4) is 0 Å². The number of ketones is 1. The van der Waals surface area contributed by atoms with Crippen LogP contribution >= 0.6 is 0 Å². The van der Waals surface area contributed by atoms with Crippen molar-refractivity contribution in [2.45, 2.75) is 46.5 Å². The summed E-state index contributed by atoms with van der Waals surface area (Å²) in [6.45, 7) is 9.86. The Morgan fingerprint density at radius 1 is 1.20 bits per heavy atom. The first kappa shape index (κ1) is 16.4. The van der Waals surface area contributed by atoms with Crippen molar-refractivity contribution in [3.05, 3.63) is 35.4 Å². The molecule has 0 radical (unpaired) electrons. The summed E-state index contributed by atoms with van der Waals surface area (Å²) < 4.78 is 5.00. The largest absolute Gasteiger partial charge is 0.465 e. The van der Waals surface area contributed by atoms with Crippen LogP contribution in [-0.4, -0.2) is 18.4 Å². The van der Waals surface area contributed by atoms with E-state index in [4.69, 9.17) is 4.74 Å². The van der Waals surface area contributed by atoms with Crippen LogP contribution in [0.2, 0.25) is 0 Å². The van der Waals surface area contributed by atoms with Crippen molar-refractivity contribution in [1.82, 2.24) is 0 Å². The van der Waals surface area contributed by atoms with E-state index in [2.05, 4.69) is 26.8 Å². The van der Waals surface area contributed by atoms with Crippen LogP contribution in [0, 0.1) is 5.92 Å². The molecule has 1 aromatic carbocycles. The molecule has 0 aliphatic carbocycles. The minimum atomic E-state index is -0.710. The summed E-state index contributed by atoms with van der Waals surface area (Å²) in [5.41, 5.74) is 2.18. The maximum atomic E-state index is 11.9. The molecule has 3 nitrogen and oxygen atoms in total. The van der Waals surface area contributed by atoms with Gasteiger partial charge in [-0.25, -0.2) is 0 Å². The zero-order valence-electron chi connectivity index (χ0n) is 13.0. The SMILES string of the molecule is CCOC(=O)C(Cc1ccccc1C(C)(C)C)C(C)=O. The molecule has 0 heterocycles. The molecule has 0 N–H and O–H groups in total. The molecule has 20 heavy (non-hydrogen) atoms. The Morgan fingerprint density at radius 2 is 1.80 bits per heavy atom. The molecular formula is C17H24O3. The second-order valence-electron chi connectivity index (χ2n) is 6.03. The lowest BCUT2D eigenvalue weighted by atomic mass is 9.81. The molecule has 0 spiro atoms. The summed E-state index contributed by atoms with van der Waals surface area (Å²) in [5, 5.41) is 0. The quantitative estimate of drug-likeness (QED) is 0.612. The van der Waals surface area contributed by atoms with E-state index >= 15 is 0 Å². The van der Waals surface area contributed by atoms with Gasteiger partial charge in [0.05, 0.1) is 6.61 Å². The highest BCUT2D eigenvalue weighted by Gasteiger charge is 2.27. The van der Waals surface area contributed by atoms with Crippen LogP contribution in [0.4, 0.5) is 0 Å². The fraction of sp³-hybridized carbons (Fsp3) is 0.529. The van der Waals surface area contributed by atoms with Gasteiger partial charge >= 0.3 is 5.97 Å². The van der Waals surface area contributed by atoms with Gasteiger partial charge in [-0.2, -0.15) is 0 Å². The summed E-state index contributed by atoms with van der Waals surface area (Å²) in [4.78, 5) is 23.6. The Hall–Kier alpha value is -1.64. The lowest BCUT2D eigenvalue weighted by Crippen LogP contribution is -2.27. The van der Waals surface area contributed by atoms with Crippen LogP contribution in [0.15, 0.2) is 24.3 Å². The van der Waals surface area contributed by atoms with Crippen molar-refractivity contribution in [2.75, 3.05) is 6.61 Å². The standard InChI is InChI=1S/C17H24O3/c1-6-20-16(19)14(12(2)18)11-13-9-7-8-10-15(13)17(3,4)5/h7-10,14H,6,11H2,1-5H3. The zero-order chi connectivity index (χ0) is 15.3. The highest BCUT2D eigenvalue weighted by Crippen LogP contribution is 2.27. The molecule has 0 aliphatic rings. The fourth-order valence-electron chi connectivity index (χ4n) is 2.29. The van der Waals surface area contributed by atoms with Gasteiger partial charge in [-0.05, 0) is 36.8 Å². The summed E-state index contributed by atoms with van der Waals surface area (Å²) in [6, 6.07) is 7.96. The third-order valence-corrected chi connectivity index (χ3v) is 3.31. The smallest absolute Gasteiger partial charge is 0.316 e. The zero-order valence-corrected chi connectivity index (χ0v) is 13.0. The molecule has 0 amide bonds. The maximum absolute atomic E-state index is 11.9. The first-order valence-electron chi connectivity index (χ1n) is 7.02. The minimum Gasteiger partial charge on any atom is -0.465 e. The lowest BCUT2D eigenvalue weighted by molar-refractivity contribution is -0.151. The van der Waals surface area contributed by atoms with Gasteiger partial charge in [0.25, 0.3) is 0 Å². The number of carbonyl (C=O) groups excluding carboxylic acids is 2. The highest BCUT2D eigenvalue weighted by molar-refractivity contribution is 5.98. The average Bonchev–Trinajstić information content (AvgIpc) is 2.35. The summed E-state index contributed by atoms with van der Waals surface area (Å²) in [7, 11) is 0. The van der Waals surface area contributed by atoms with Crippen LogP contribution < -0.4 is 0 Å². The van der Waals surface area contributed by atoms with Gasteiger partial charge in [0.2, 0.25) is 0 Å². The van der Waals surface area contributed by atoms with Gasteiger partial charge in [-0.1, -0.05) is 45.0 Å². The first-order valence-corrected chi connectivity index (χ1v) is 7.02. The Balaban J connectivity index is 3.07. The van der Waals surface area contributed by atoms with Crippen LogP contribution in [0.1, 0.15) is 45.7 Å². The molecule has 0 saturated carbocycles. The molecular weight excluding hydrogens is 252 g/mol. The maximum Gasteiger partial charge on any atom is 0.316 e. The van der Waals surface area contributed by atoms with Crippen molar-refractivity contribution in [3.63, 3.8) is 0 Å². The molecule has 1 unspecified atom stereocenters. The molecule has 1 aromatic rings. The van der Waals surface area contributed by atoms with Crippen LogP contribution in [0.5, 0.6) is 0 Å². The normalized spacial score (nSPS) is 12.8. The molecule has 110 valence electrons. The topological polar surface area (TPSA) is 43.4 Å². The number of ether oxygens (including phenoxy) is 1. The number of rotatable bonds is 5. The third-order valence-electron chi connectivity index (χ3n) is 3.31. The molecule has 0 aliphatic heterocycles. The Kier molecular flexibility index (Phi) is 5.49.